The number of carbonyl (C=O) groups excluding carboxylic acids is 1. The van der Waals surface area contributed by atoms with Crippen LogP contribution in [0.1, 0.15) is 10.4 Å². The van der Waals surface area contributed by atoms with Crippen LogP contribution >= 0.6 is 11.3 Å². The molecule has 3 rings (SSSR count). The average Bonchev–Trinajstić information content (AvgIpc) is 3.01. The van der Waals surface area contributed by atoms with Gasteiger partial charge in [0.1, 0.15) is 0 Å². The normalized spacial score (nSPS) is 10.4. The van der Waals surface area contributed by atoms with E-state index in [1.807, 2.05) is 42.0 Å². The Labute approximate surface area is 130 Å². The molecule has 2 radical (unpaired) electrons. The molecule has 0 N–H and O–H groups in total. The molecule has 0 saturated heterocycles. The predicted molar refractivity (Wildman–Crippen MR) is 83.8 cm³/mol. The number of rotatable bonds is 3. The minimum absolute atomic E-state index is 0.702. The number of carbonyl (C=O) groups is 1. The number of aldehydes is 1. The van der Waals surface area contributed by atoms with E-state index in [1.165, 1.54) is 0 Å². The van der Waals surface area contributed by atoms with Crippen molar-refractivity contribution in [2.45, 2.75) is 0 Å². The molecule has 1 aromatic heterocycles. The van der Waals surface area contributed by atoms with Crippen molar-refractivity contribution in [2.24, 2.45) is 0 Å². The van der Waals surface area contributed by atoms with Crippen molar-refractivity contribution < 1.29 is 4.79 Å². The first-order valence-corrected chi connectivity index (χ1v) is 7.88. The first-order chi connectivity index (χ1) is 9.81. The molecule has 0 saturated carbocycles. The third-order valence-corrected chi connectivity index (χ3v) is 4.90. The van der Waals surface area contributed by atoms with E-state index in [0.29, 0.717) is 5.56 Å². The topological polar surface area (TPSA) is 30.0 Å². The summed E-state index contributed by atoms with van der Waals surface area (Å²) >= 11 is 4.09. The zero-order valence-corrected chi connectivity index (χ0v) is 13.2. The van der Waals surface area contributed by atoms with Gasteiger partial charge in [0.2, 0.25) is 0 Å². The predicted octanol–water partition coefficient (Wildman–Crippen LogP) is 3.08. The van der Waals surface area contributed by atoms with Gasteiger partial charge in [0.05, 0.1) is 0 Å². The summed E-state index contributed by atoms with van der Waals surface area (Å²) in [4.78, 5) is 16.4. The van der Waals surface area contributed by atoms with Crippen LogP contribution in [0.5, 0.6) is 0 Å². The van der Waals surface area contributed by atoms with E-state index in [4.69, 9.17) is 0 Å². The number of nitrogens with zero attached hydrogens (tertiary/aromatic N) is 1. The summed E-state index contributed by atoms with van der Waals surface area (Å²) in [5, 5.41) is 0. The molecule has 0 aliphatic heterocycles. The first kappa shape index (κ1) is 13.3. The molecule has 0 fully saturated rings. The molecule has 0 amide bonds. The minimum atomic E-state index is 0.702. The summed E-state index contributed by atoms with van der Waals surface area (Å²) in [5.41, 5.74) is 5.84. The Morgan fingerprint density at radius 3 is 2.55 bits per heavy atom. The van der Waals surface area contributed by atoms with Gasteiger partial charge in [-0.1, -0.05) is 0 Å². The quantitative estimate of drug-likeness (QED) is 0.542. The molecule has 0 aliphatic carbocycles. The third kappa shape index (κ3) is 2.35. The Morgan fingerprint density at radius 1 is 1.10 bits per heavy atom. The van der Waals surface area contributed by atoms with Crippen LogP contribution in [0.4, 0.5) is 0 Å². The van der Waals surface area contributed by atoms with Gasteiger partial charge in [0, 0.05) is 0 Å². The maximum atomic E-state index is 11.2. The third-order valence-electron chi connectivity index (χ3n) is 3.10. The average molecular weight is 339 g/mol. The van der Waals surface area contributed by atoms with Gasteiger partial charge in [-0.25, -0.2) is 0 Å². The molecule has 0 spiro atoms. The van der Waals surface area contributed by atoms with Crippen molar-refractivity contribution >= 4 is 38.8 Å². The monoisotopic (exact) mass is 339 g/mol. The van der Waals surface area contributed by atoms with Crippen molar-refractivity contribution in [1.82, 2.24) is 4.98 Å². The summed E-state index contributed by atoms with van der Waals surface area (Å²) in [6.45, 7) is 0. The molecule has 1 heterocycles. The van der Waals surface area contributed by atoms with Crippen LogP contribution in [-0.2, 0) is 0 Å². The Bertz CT molecular complexity index is 739. The zero-order chi connectivity index (χ0) is 13.9. The Balaban J connectivity index is 2.30. The summed E-state index contributed by atoms with van der Waals surface area (Å²) in [5.74, 6) is 0. The molecule has 2 aromatic carbocycles. The van der Waals surface area contributed by atoms with Crippen LogP contribution < -0.4 is 4.35 Å². The van der Waals surface area contributed by atoms with Gasteiger partial charge in [-0.2, -0.15) is 0 Å². The van der Waals surface area contributed by atoms with Crippen molar-refractivity contribution in [2.75, 3.05) is 0 Å². The molecule has 0 aliphatic rings. The summed E-state index contributed by atoms with van der Waals surface area (Å²) in [6, 6.07) is 14.1. The maximum absolute atomic E-state index is 11.2. The molecule has 96 valence electrons. The number of aromatic nitrogens is 1. The summed E-state index contributed by atoms with van der Waals surface area (Å²) in [7, 11) is 0. The van der Waals surface area contributed by atoms with Gasteiger partial charge in [-0.15, -0.1) is 0 Å². The number of thiazole rings is 1. The van der Waals surface area contributed by atoms with Crippen molar-refractivity contribution in [3.05, 3.63) is 59.7 Å². The fourth-order valence-corrected chi connectivity index (χ4v) is 3.77. The summed E-state index contributed by atoms with van der Waals surface area (Å²) < 4.78 is 0.943. The van der Waals surface area contributed by atoms with Crippen LogP contribution in [0.2, 0.25) is 0 Å². The molecule has 0 atom stereocenters. The number of hydrogen-bond donors (Lipinski definition) is 0. The fourth-order valence-electron chi connectivity index (χ4n) is 2.15. The van der Waals surface area contributed by atoms with Crippen LogP contribution in [0.15, 0.2) is 54.2 Å². The van der Waals surface area contributed by atoms with Crippen LogP contribution in [0.25, 0.3) is 21.6 Å². The van der Waals surface area contributed by atoms with Crippen LogP contribution in [0, 0.1) is 0 Å². The van der Waals surface area contributed by atoms with Gasteiger partial charge in [-0.3, -0.25) is 0 Å². The van der Waals surface area contributed by atoms with E-state index in [9.17, 15) is 4.79 Å². The van der Waals surface area contributed by atoms with Gasteiger partial charge in [0.15, 0.2) is 0 Å². The molecule has 3 aromatic rings. The molecular weight excluding hydrogens is 329 g/mol. The molecule has 0 unspecified atom stereocenters. The van der Waals surface area contributed by atoms with E-state index < -0.39 is 0 Å². The van der Waals surface area contributed by atoms with E-state index >= 15 is 0 Å². The van der Waals surface area contributed by atoms with Gasteiger partial charge < -0.3 is 0 Å². The van der Waals surface area contributed by atoms with Crippen molar-refractivity contribution in [1.29, 1.82) is 0 Å². The van der Waals surface area contributed by atoms with Gasteiger partial charge in [-0.05, 0) is 0 Å². The molecular formula is C16H10AsNOS. The molecule has 20 heavy (non-hydrogen) atoms. The molecule has 4 heteroatoms. The fraction of sp³-hybridized carbons (Fsp3) is 0. The molecule has 2 nitrogen and oxygen atoms in total. The second kappa shape index (κ2) is 5.74. The zero-order valence-electron chi connectivity index (χ0n) is 10.5. The van der Waals surface area contributed by atoms with Gasteiger partial charge >= 0.3 is 130 Å². The van der Waals surface area contributed by atoms with E-state index in [0.717, 1.165) is 32.2 Å². The Kier molecular flexibility index (Phi) is 3.81. The second-order valence-electron chi connectivity index (χ2n) is 4.28. The SMILES string of the molecule is O=Cc1ccc(-c2ccccc2)c(-c2cncs2)c1[As]. The van der Waals surface area contributed by atoms with E-state index in [-0.39, 0.29) is 0 Å². The Morgan fingerprint density at radius 2 is 1.90 bits per heavy atom. The Hall–Kier alpha value is -1.70. The van der Waals surface area contributed by atoms with Crippen LogP contribution in [0.3, 0.4) is 0 Å². The summed E-state index contributed by atoms with van der Waals surface area (Å²) in [6.07, 6.45) is 2.74. The van der Waals surface area contributed by atoms with Gasteiger partial charge in [0.25, 0.3) is 0 Å². The van der Waals surface area contributed by atoms with Crippen molar-refractivity contribution in [3.8, 4) is 21.6 Å². The number of hydrogen-bond acceptors (Lipinski definition) is 3. The standard InChI is InChI=1S/C16H10AsNOS/c17-16-12(9-19)6-7-13(11-4-2-1-3-5-11)15(16)14-8-18-10-20-14/h1-10H. The molecule has 0 bridgehead atoms. The van der Waals surface area contributed by atoms with Crippen LogP contribution in [-0.4, -0.2) is 28.1 Å². The van der Waals surface area contributed by atoms with E-state index in [1.54, 1.807) is 11.3 Å². The second-order valence-corrected chi connectivity index (χ2v) is 6.10. The number of benzene rings is 2. The van der Waals surface area contributed by atoms with E-state index in [2.05, 4.69) is 34.0 Å². The van der Waals surface area contributed by atoms with Crippen molar-refractivity contribution in [3.63, 3.8) is 0 Å². The first-order valence-electron chi connectivity index (χ1n) is 6.06.